The third kappa shape index (κ3) is 3.18. The summed E-state index contributed by atoms with van der Waals surface area (Å²) in [5.74, 6) is 0.339. The third-order valence-corrected chi connectivity index (χ3v) is 4.32. The number of carbonyl (C=O) groups excluding carboxylic acids is 1. The normalized spacial score (nSPS) is 33.1. The molecule has 18 heavy (non-hydrogen) atoms. The molecule has 2 unspecified atom stereocenters. The van der Waals surface area contributed by atoms with Gasteiger partial charge in [0.2, 0.25) is 5.91 Å². The van der Waals surface area contributed by atoms with E-state index in [1.165, 1.54) is 19.3 Å². The van der Waals surface area contributed by atoms with E-state index >= 15 is 0 Å². The second-order valence-electron chi connectivity index (χ2n) is 7.09. The smallest absolute Gasteiger partial charge is 0.224 e. The lowest BCUT2D eigenvalue weighted by Gasteiger charge is -2.39. The maximum Gasteiger partial charge on any atom is 0.224 e. The molecule has 0 aromatic rings. The molecule has 1 aliphatic heterocycles. The van der Waals surface area contributed by atoms with Gasteiger partial charge in [0.1, 0.15) is 0 Å². The molecule has 2 fully saturated rings. The van der Waals surface area contributed by atoms with Crippen LogP contribution in [-0.4, -0.2) is 37.0 Å². The van der Waals surface area contributed by atoms with E-state index in [-0.39, 0.29) is 12.4 Å². The van der Waals surface area contributed by atoms with Crippen molar-refractivity contribution in [2.75, 3.05) is 20.1 Å². The monoisotopic (exact) mass is 274 g/mol. The Kier molecular flexibility index (Phi) is 4.71. The van der Waals surface area contributed by atoms with Crippen molar-refractivity contribution in [1.29, 1.82) is 0 Å². The summed E-state index contributed by atoms with van der Waals surface area (Å²) in [4.78, 5) is 14.3. The Morgan fingerprint density at radius 1 is 1.33 bits per heavy atom. The van der Waals surface area contributed by atoms with Crippen molar-refractivity contribution in [3.63, 3.8) is 0 Å². The minimum absolute atomic E-state index is 0. The molecule has 1 amide bonds. The largest absolute Gasteiger partial charge is 0.339 e. The van der Waals surface area contributed by atoms with Gasteiger partial charge >= 0.3 is 0 Å². The highest BCUT2D eigenvalue weighted by Crippen LogP contribution is 2.52. The quantitative estimate of drug-likeness (QED) is 0.857. The summed E-state index contributed by atoms with van der Waals surface area (Å²) in [7, 11) is 1.90. The Labute approximate surface area is 117 Å². The fourth-order valence-electron chi connectivity index (χ4n) is 4.13. The number of hydrogen-bond acceptors (Lipinski definition) is 2. The van der Waals surface area contributed by atoms with Crippen molar-refractivity contribution < 1.29 is 4.79 Å². The topological polar surface area (TPSA) is 32.3 Å². The zero-order valence-corrected chi connectivity index (χ0v) is 12.9. The predicted molar refractivity (Wildman–Crippen MR) is 77.0 cm³/mol. The lowest BCUT2D eigenvalue weighted by atomic mass is 9.65. The van der Waals surface area contributed by atoms with Gasteiger partial charge in [-0.1, -0.05) is 20.8 Å². The second kappa shape index (κ2) is 5.38. The van der Waals surface area contributed by atoms with Crippen LogP contribution in [0.15, 0.2) is 0 Å². The van der Waals surface area contributed by atoms with Crippen LogP contribution in [-0.2, 0) is 4.79 Å². The van der Waals surface area contributed by atoms with Gasteiger partial charge in [0.15, 0.2) is 0 Å². The second-order valence-corrected chi connectivity index (χ2v) is 7.09. The van der Waals surface area contributed by atoms with Crippen LogP contribution in [0.1, 0.15) is 46.5 Å². The zero-order valence-electron chi connectivity index (χ0n) is 12.1. The molecule has 1 aliphatic carbocycles. The van der Waals surface area contributed by atoms with Crippen molar-refractivity contribution in [3.8, 4) is 0 Å². The highest BCUT2D eigenvalue weighted by Gasteiger charge is 2.50. The minimum atomic E-state index is 0. The van der Waals surface area contributed by atoms with Gasteiger partial charge in [-0.05, 0) is 37.1 Å². The Balaban J connectivity index is 0.00000162. The number of nitrogens with zero attached hydrogens (tertiary/aromatic N) is 1. The molecule has 1 saturated heterocycles. The minimum Gasteiger partial charge on any atom is -0.339 e. The van der Waals surface area contributed by atoms with Crippen LogP contribution in [0.25, 0.3) is 0 Å². The summed E-state index contributed by atoms with van der Waals surface area (Å²) in [6, 6.07) is 0.494. The Morgan fingerprint density at radius 2 is 2.00 bits per heavy atom. The summed E-state index contributed by atoms with van der Waals surface area (Å²) >= 11 is 0. The van der Waals surface area contributed by atoms with Crippen LogP contribution in [0.4, 0.5) is 0 Å². The van der Waals surface area contributed by atoms with E-state index in [9.17, 15) is 4.79 Å². The first-order valence-corrected chi connectivity index (χ1v) is 6.79. The Hall–Kier alpha value is -0.280. The number of rotatable bonds is 3. The SMILES string of the molecule is CNCCC(=O)N1CC2(C)CC1CC(C)(C)C2.Cl. The molecular formula is C14H27ClN2O. The fourth-order valence-corrected chi connectivity index (χ4v) is 4.13. The van der Waals surface area contributed by atoms with Crippen molar-refractivity contribution in [2.45, 2.75) is 52.5 Å². The summed E-state index contributed by atoms with van der Waals surface area (Å²) in [6.07, 6.45) is 4.28. The van der Waals surface area contributed by atoms with E-state index in [0.29, 0.717) is 29.2 Å². The van der Waals surface area contributed by atoms with Crippen LogP contribution >= 0.6 is 12.4 Å². The molecule has 2 rings (SSSR count). The first kappa shape index (κ1) is 15.8. The molecule has 0 aromatic carbocycles. The van der Waals surface area contributed by atoms with Gasteiger partial charge in [0.25, 0.3) is 0 Å². The van der Waals surface area contributed by atoms with E-state index in [4.69, 9.17) is 0 Å². The van der Waals surface area contributed by atoms with Crippen LogP contribution in [0.5, 0.6) is 0 Å². The van der Waals surface area contributed by atoms with Gasteiger partial charge in [0, 0.05) is 25.6 Å². The van der Waals surface area contributed by atoms with Crippen LogP contribution < -0.4 is 5.32 Å². The molecule has 0 aromatic heterocycles. The Morgan fingerprint density at radius 3 is 2.61 bits per heavy atom. The van der Waals surface area contributed by atoms with Gasteiger partial charge in [-0.15, -0.1) is 12.4 Å². The molecule has 0 spiro atoms. The highest BCUT2D eigenvalue weighted by molar-refractivity contribution is 5.85. The standard InChI is InChI=1S/C14H26N2O.ClH/c1-13(2)7-11-8-14(3,9-13)10-16(11)12(17)5-6-15-4;/h11,15H,5-10H2,1-4H3;1H. The molecule has 0 radical (unpaired) electrons. The molecule has 106 valence electrons. The van der Waals surface area contributed by atoms with Gasteiger partial charge in [-0.2, -0.15) is 0 Å². The van der Waals surface area contributed by atoms with E-state index in [0.717, 1.165) is 13.1 Å². The average molecular weight is 275 g/mol. The maximum atomic E-state index is 12.2. The molecule has 2 bridgehead atoms. The number of likely N-dealkylation sites (tertiary alicyclic amines) is 1. The Bertz CT molecular complexity index is 319. The average Bonchev–Trinajstić information content (AvgIpc) is 2.44. The number of halogens is 1. The van der Waals surface area contributed by atoms with Crippen LogP contribution in [0.2, 0.25) is 0 Å². The van der Waals surface area contributed by atoms with Gasteiger partial charge < -0.3 is 10.2 Å². The lowest BCUT2D eigenvalue weighted by molar-refractivity contribution is -0.132. The molecule has 4 heteroatoms. The molecule has 1 saturated carbocycles. The van der Waals surface area contributed by atoms with Crippen LogP contribution in [0, 0.1) is 10.8 Å². The van der Waals surface area contributed by atoms with Crippen molar-refractivity contribution >= 4 is 18.3 Å². The molecular weight excluding hydrogens is 248 g/mol. The third-order valence-electron chi connectivity index (χ3n) is 4.32. The van der Waals surface area contributed by atoms with Gasteiger partial charge in [-0.3, -0.25) is 4.79 Å². The maximum absolute atomic E-state index is 12.2. The molecule has 1 heterocycles. The van der Waals surface area contributed by atoms with E-state index in [1.54, 1.807) is 0 Å². The molecule has 1 N–H and O–H groups in total. The first-order chi connectivity index (χ1) is 7.85. The molecule has 2 aliphatic rings. The van der Waals surface area contributed by atoms with E-state index < -0.39 is 0 Å². The zero-order chi connectivity index (χ0) is 12.7. The lowest BCUT2D eigenvalue weighted by Crippen LogP contribution is -2.38. The first-order valence-electron chi connectivity index (χ1n) is 6.79. The van der Waals surface area contributed by atoms with E-state index in [2.05, 4.69) is 31.0 Å². The fraction of sp³-hybridized carbons (Fsp3) is 0.929. The summed E-state index contributed by atoms with van der Waals surface area (Å²) < 4.78 is 0. The number of carbonyl (C=O) groups is 1. The number of hydrogen-bond donors (Lipinski definition) is 1. The van der Waals surface area contributed by atoms with E-state index in [1.807, 2.05) is 7.05 Å². The number of amides is 1. The number of fused-ring (bicyclic) bond motifs is 2. The summed E-state index contributed by atoms with van der Waals surface area (Å²) in [5.41, 5.74) is 0.761. The predicted octanol–water partition coefficient (Wildman–Crippen LogP) is 2.44. The number of nitrogens with one attached hydrogen (secondary N) is 1. The van der Waals surface area contributed by atoms with Crippen molar-refractivity contribution in [2.24, 2.45) is 10.8 Å². The highest BCUT2D eigenvalue weighted by atomic mass is 35.5. The molecule has 2 atom stereocenters. The van der Waals surface area contributed by atoms with Gasteiger partial charge in [-0.25, -0.2) is 0 Å². The molecule has 3 nitrogen and oxygen atoms in total. The summed E-state index contributed by atoms with van der Waals surface area (Å²) in [6.45, 7) is 8.82. The van der Waals surface area contributed by atoms with Crippen molar-refractivity contribution in [3.05, 3.63) is 0 Å². The van der Waals surface area contributed by atoms with Crippen molar-refractivity contribution in [1.82, 2.24) is 10.2 Å². The summed E-state index contributed by atoms with van der Waals surface area (Å²) in [5, 5.41) is 3.06. The van der Waals surface area contributed by atoms with Crippen LogP contribution in [0.3, 0.4) is 0 Å². The van der Waals surface area contributed by atoms with Gasteiger partial charge in [0.05, 0.1) is 0 Å².